The molecule has 0 fully saturated rings. The predicted molar refractivity (Wildman–Crippen MR) is 51.7 cm³/mol. The van der Waals surface area contributed by atoms with Crippen LogP contribution in [0.2, 0.25) is 0 Å². The summed E-state index contributed by atoms with van der Waals surface area (Å²) in [6.07, 6.45) is 2.99. The minimum absolute atomic E-state index is 0.0676. The molecule has 0 bridgehead atoms. The molecule has 0 aliphatic carbocycles. The van der Waals surface area contributed by atoms with Crippen molar-refractivity contribution < 1.29 is 9.59 Å². The van der Waals surface area contributed by atoms with Gasteiger partial charge in [0.2, 0.25) is 11.8 Å². The predicted octanol–water partition coefficient (Wildman–Crippen LogP) is 0.210. The number of carbonyl (C=O) groups is 2. The summed E-state index contributed by atoms with van der Waals surface area (Å²) >= 11 is 10.4. The van der Waals surface area contributed by atoms with Crippen LogP contribution in [0.15, 0.2) is 12.3 Å². The van der Waals surface area contributed by atoms with Gasteiger partial charge in [-0.1, -0.05) is 0 Å². The molecule has 0 spiro atoms. The maximum atomic E-state index is 10.6. The van der Waals surface area contributed by atoms with Crippen molar-refractivity contribution in [2.24, 2.45) is 0 Å². The molecule has 0 aromatic rings. The molecule has 2 amide bonds. The molecule has 0 aromatic heterocycles. The van der Waals surface area contributed by atoms with E-state index in [2.05, 4.69) is 10.6 Å². The summed E-state index contributed by atoms with van der Waals surface area (Å²) in [5, 5.41) is 4.87. The van der Waals surface area contributed by atoms with E-state index in [9.17, 15) is 9.59 Å². The molecular formula is C7H10Cl2N2O2. The summed E-state index contributed by atoms with van der Waals surface area (Å²) in [5.74, 6) is -0.697. The van der Waals surface area contributed by atoms with Crippen molar-refractivity contribution in [3.05, 3.63) is 12.3 Å². The van der Waals surface area contributed by atoms with E-state index < -0.39 is 0 Å². The second-order valence-corrected chi connectivity index (χ2v) is 2.58. The van der Waals surface area contributed by atoms with Crippen molar-refractivity contribution in [3.63, 3.8) is 0 Å². The smallest absolute Gasteiger partial charge is 0.238 e. The molecule has 0 saturated heterocycles. The van der Waals surface area contributed by atoms with Crippen molar-refractivity contribution in [1.29, 1.82) is 0 Å². The van der Waals surface area contributed by atoms with E-state index in [1.165, 1.54) is 6.20 Å². The van der Waals surface area contributed by atoms with Gasteiger partial charge in [0, 0.05) is 12.7 Å². The van der Waals surface area contributed by atoms with E-state index in [4.69, 9.17) is 23.2 Å². The van der Waals surface area contributed by atoms with Crippen LogP contribution >= 0.6 is 23.2 Å². The van der Waals surface area contributed by atoms with Crippen LogP contribution in [0.3, 0.4) is 0 Å². The second kappa shape index (κ2) is 7.89. The van der Waals surface area contributed by atoms with Gasteiger partial charge in [0.05, 0.1) is 0 Å². The van der Waals surface area contributed by atoms with Crippen LogP contribution in [0.1, 0.15) is 0 Å². The highest BCUT2D eigenvalue weighted by molar-refractivity contribution is 6.27. The standard InChI is InChI=1S/C7H10Cl2N2O2/c8-4-6(12)10-2-1-3-11-7(13)5-9/h1-2H,3-5H2,(H,10,12)(H,11,13). The largest absolute Gasteiger partial charge is 0.352 e. The first kappa shape index (κ1) is 12.3. The third-order valence-electron chi connectivity index (χ3n) is 1.02. The van der Waals surface area contributed by atoms with Crippen molar-refractivity contribution in [2.75, 3.05) is 18.3 Å². The lowest BCUT2D eigenvalue weighted by molar-refractivity contribution is -0.118. The Labute approximate surface area is 86.3 Å². The van der Waals surface area contributed by atoms with Gasteiger partial charge in [-0.05, 0) is 6.08 Å². The number of nitrogens with one attached hydrogen (secondary N) is 2. The molecule has 0 rings (SSSR count). The van der Waals surface area contributed by atoms with Crippen LogP contribution in [0.4, 0.5) is 0 Å². The van der Waals surface area contributed by atoms with Crippen molar-refractivity contribution in [3.8, 4) is 0 Å². The first-order valence-corrected chi connectivity index (χ1v) is 4.60. The lowest BCUT2D eigenvalue weighted by atomic mass is 10.5. The summed E-state index contributed by atoms with van der Waals surface area (Å²) in [5.41, 5.74) is 0. The fraction of sp³-hybridized carbons (Fsp3) is 0.429. The molecule has 0 aliphatic rings. The summed E-state index contributed by atoms with van der Waals surface area (Å²) in [6.45, 7) is 0.327. The zero-order chi connectivity index (χ0) is 10.1. The van der Waals surface area contributed by atoms with Gasteiger partial charge < -0.3 is 10.6 Å². The molecule has 4 nitrogen and oxygen atoms in total. The summed E-state index contributed by atoms with van der Waals surface area (Å²) in [4.78, 5) is 21.1. The second-order valence-electron chi connectivity index (χ2n) is 2.04. The maximum absolute atomic E-state index is 10.6. The lowest BCUT2D eigenvalue weighted by Gasteiger charge is -1.97. The molecule has 0 saturated carbocycles. The Morgan fingerprint density at radius 3 is 2.31 bits per heavy atom. The Bertz CT molecular complexity index is 207. The fourth-order valence-corrected chi connectivity index (χ4v) is 0.641. The fourth-order valence-electron chi connectivity index (χ4n) is 0.469. The van der Waals surface area contributed by atoms with Crippen LogP contribution in [0, 0.1) is 0 Å². The van der Waals surface area contributed by atoms with Gasteiger partial charge in [-0.15, -0.1) is 23.2 Å². The third-order valence-corrected chi connectivity index (χ3v) is 1.51. The van der Waals surface area contributed by atoms with Gasteiger partial charge in [0.1, 0.15) is 11.8 Å². The van der Waals surface area contributed by atoms with Crippen molar-refractivity contribution in [2.45, 2.75) is 0 Å². The zero-order valence-corrected chi connectivity index (χ0v) is 8.36. The molecule has 0 aromatic carbocycles. The number of alkyl halides is 2. The summed E-state index contributed by atoms with van der Waals surface area (Å²) in [7, 11) is 0. The van der Waals surface area contributed by atoms with Gasteiger partial charge >= 0.3 is 0 Å². The molecule has 0 atom stereocenters. The molecule has 0 radical (unpaired) electrons. The topological polar surface area (TPSA) is 58.2 Å². The normalized spacial score (nSPS) is 10.0. The Kier molecular flexibility index (Phi) is 7.44. The third kappa shape index (κ3) is 7.62. The highest BCUT2D eigenvalue weighted by Crippen LogP contribution is 1.76. The Morgan fingerprint density at radius 1 is 1.15 bits per heavy atom. The summed E-state index contributed by atoms with van der Waals surface area (Å²) < 4.78 is 0. The maximum Gasteiger partial charge on any atom is 0.238 e. The van der Waals surface area contributed by atoms with Crippen LogP contribution < -0.4 is 10.6 Å². The van der Waals surface area contributed by atoms with E-state index in [-0.39, 0.29) is 23.6 Å². The van der Waals surface area contributed by atoms with E-state index in [1.807, 2.05) is 0 Å². The number of carbonyl (C=O) groups excluding carboxylic acids is 2. The van der Waals surface area contributed by atoms with E-state index in [0.29, 0.717) is 6.54 Å². The SMILES string of the molecule is O=C(CCl)NC=CCNC(=O)CCl. The molecule has 0 aliphatic heterocycles. The number of halogens is 2. The first-order chi connectivity index (χ1) is 6.20. The van der Waals surface area contributed by atoms with Crippen LogP contribution in [-0.4, -0.2) is 30.1 Å². The number of rotatable bonds is 5. The molecule has 2 N–H and O–H groups in total. The van der Waals surface area contributed by atoms with E-state index in [1.54, 1.807) is 6.08 Å². The number of amides is 2. The van der Waals surface area contributed by atoms with Gasteiger partial charge in [0.15, 0.2) is 0 Å². The van der Waals surface area contributed by atoms with Crippen LogP contribution in [0.5, 0.6) is 0 Å². The van der Waals surface area contributed by atoms with Gasteiger partial charge in [0.25, 0.3) is 0 Å². The molecular weight excluding hydrogens is 215 g/mol. The number of hydrogen-bond acceptors (Lipinski definition) is 2. The molecule has 0 heterocycles. The van der Waals surface area contributed by atoms with Crippen molar-refractivity contribution >= 4 is 35.0 Å². The highest BCUT2D eigenvalue weighted by atomic mass is 35.5. The highest BCUT2D eigenvalue weighted by Gasteiger charge is 1.94. The van der Waals surface area contributed by atoms with Crippen LogP contribution in [-0.2, 0) is 9.59 Å². The average Bonchev–Trinajstić information content (AvgIpc) is 2.16. The molecule has 0 unspecified atom stereocenters. The zero-order valence-electron chi connectivity index (χ0n) is 6.85. The first-order valence-electron chi connectivity index (χ1n) is 3.53. The average molecular weight is 225 g/mol. The Balaban J connectivity index is 3.42. The summed E-state index contributed by atoms with van der Waals surface area (Å²) in [6, 6.07) is 0. The van der Waals surface area contributed by atoms with Gasteiger partial charge in [-0.2, -0.15) is 0 Å². The van der Waals surface area contributed by atoms with Gasteiger partial charge in [-0.3, -0.25) is 9.59 Å². The Morgan fingerprint density at radius 2 is 1.77 bits per heavy atom. The number of hydrogen-bond donors (Lipinski definition) is 2. The van der Waals surface area contributed by atoms with E-state index in [0.717, 1.165) is 0 Å². The monoisotopic (exact) mass is 224 g/mol. The quantitative estimate of drug-likeness (QED) is 0.657. The Hall–Kier alpha value is -0.740. The van der Waals surface area contributed by atoms with E-state index >= 15 is 0 Å². The molecule has 6 heteroatoms. The lowest BCUT2D eigenvalue weighted by Crippen LogP contribution is -2.25. The van der Waals surface area contributed by atoms with Gasteiger partial charge in [-0.25, -0.2) is 0 Å². The molecule has 74 valence electrons. The minimum atomic E-state index is -0.290. The minimum Gasteiger partial charge on any atom is -0.352 e. The molecule has 13 heavy (non-hydrogen) atoms. The van der Waals surface area contributed by atoms with Crippen LogP contribution in [0.25, 0.3) is 0 Å². The van der Waals surface area contributed by atoms with Crippen molar-refractivity contribution in [1.82, 2.24) is 10.6 Å².